The molecule has 0 aliphatic heterocycles. The Kier molecular flexibility index (Phi) is 3.74. The lowest BCUT2D eigenvalue weighted by molar-refractivity contribution is 0.363. The van der Waals surface area contributed by atoms with Gasteiger partial charge in [0, 0.05) is 25.7 Å². The number of imidazole rings is 1. The van der Waals surface area contributed by atoms with E-state index in [4.69, 9.17) is 4.74 Å². The maximum absolute atomic E-state index is 5.60. The van der Waals surface area contributed by atoms with Gasteiger partial charge in [-0.1, -0.05) is 12.7 Å². The SMILES string of the molecule is C=CCOc1ccc(-c2nc3ncncc3[nH]2)c(N(C)C)c1. The molecule has 2 aromatic heterocycles. The third-order valence-electron chi connectivity index (χ3n) is 3.24. The lowest BCUT2D eigenvalue weighted by atomic mass is 10.1. The molecular weight excluding hydrogens is 278 g/mol. The summed E-state index contributed by atoms with van der Waals surface area (Å²) in [6.45, 7) is 4.14. The Morgan fingerprint density at radius 1 is 1.36 bits per heavy atom. The summed E-state index contributed by atoms with van der Waals surface area (Å²) >= 11 is 0. The van der Waals surface area contributed by atoms with Crippen LogP contribution in [0.15, 0.2) is 43.4 Å². The van der Waals surface area contributed by atoms with Crippen molar-refractivity contribution >= 4 is 16.9 Å². The molecule has 0 saturated heterocycles. The van der Waals surface area contributed by atoms with Crippen LogP contribution in [0.3, 0.4) is 0 Å². The van der Waals surface area contributed by atoms with Gasteiger partial charge >= 0.3 is 0 Å². The molecule has 0 saturated carbocycles. The fraction of sp³-hybridized carbons (Fsp3) is 0.188. The Balaban J connectivity index is 2.06. The molecule has 0 aliphatic rings. The number of hydrogen-bond acceptors (Lipinski definition) is 5. The summed E-state index contributed by atoms with van der Waals surface area (Å²) < 4.78 is 5.60. The van der Waals surface area contributed by atoms with E-state index in [0.717, 1.165) is 28.3 Å². The van der Waals surface area contributed by atoms with Gasteiger partial charge in [0.25, 0.3) is 0 Å². The first kappa shape index (κ1) is 14.1. The quantitative estimate of drug-likeness (QED) is 0.733. The van der Waals surface area contributed by atoms with E-state index in [1.807, 2.05) is 37.2 Å². The molecule has 0 spiro atoms. The van der Waals surface area contributed by atoms with Gasteiger partial charge in [-0.05, 0) is 12.1 Å². The molecule has 0 bridgehead atoms. The summed E-state index contributed by atoms with van der Waals surface area (Å²) in [6.07, 6.45) is 4.93. The second kappa shape index (κ2) is 5.85. The van der Waals surface area contributed by atoms with Gasteiger partial charge in [0.1, 0.15) is 30.0 Å². The average molecular weight is 295 g/mol. The van der Waals surface area contributed by atoms with E-state index < -0.39 is 0 Å². The first-order chi connectivity index (χ1) is 10.7. The molecule has 0 fully saturated rings. The fourth-order valence-electron chi connectivity index (χ4n) is 2.22. The number of benzene rings is 1. The third kappa shape index (κ3) is 2.63. The fourth-order valence-corrected chi connectivity index (χ4v) is 2.22. The van der Waals surface area contributed by atoms with Crippen molar-refractivity contribution in [3.63, 3.8) is 0 Å². The van der Waals surface area contributed by atoms with Crippen molar-refractivity contribution in [2.24, 2.45) is 0 Å². The van der Waals surface area contributed by atoms with Gasteiger partial charge in [-0.25, -0.2) is 15.0 Å². The largest absolute Gasteiger partial charge is 0.489 e. The number of nitrogens with one attached hydrogen (secondary N) is 1. The number of rotatable bonds is 5. The van der Waals surface area contributed by atoms with Crippen LogP contribution in [0.5, 0.6) is 5.75 Å². The first-order valence-electron chi connectivity index (χ1n) is 6.90. The molecule has 2 heterocycles. The normalized spacial score (nSPS) is 10.6. The molecule has 0 atom stereocenters. The minimum absolute atomic E-state index is 0.479. The third-order valence-corrected chi connectivity index (χ3v) is 3.24. The van der Waals surface area contributed by atoms with Crippen LogP contribution in [0.2, 0.25) is 0 Å². The van der Waals surface area contributed by atoms with Crippen molar-refractivity contribution in [1.29, 1.82) is 0 Å². The summed E-state index contributed by atoms with van der Waals surface area (Å²) in [6, 6.07) is 5.89. The molecule has 0 radical (unpaired) electrons. The molecular formula is C16H17N5O. The first-order valence-corrected chi connectivity index (χ1v) is 6.90. The molecule has 0 amide bonds. The summed E-state index contributed by atoms with van der Waals surface area (Å²) in [5.41, 5.74) is 3.46. The molecule has 112 valence electrons. The lowest BCUT2D eigenvalue weighted by Crippen LogP contribution is -2.10. The maximum atomic E-state index is 5.60. The number of anilines is 1. The molecule has 1 N–H and O–H groups in total. The monoisotopic (exact) mass is 295 g/mol. The zero-order chi connectivity index (χ0) is 15.5. The van der Waals surface area contributed by atoms with Crippen LogP contribution in [0, 0.1) is 0 Å². The topological polar surface area (TPSA) is 66.9 Å². The summed E-state index contributed by atoms with van der Waals surface area (Å²) in [7, 11) is 3.97. The number of aromatic amines is 1. The zero-order valence-corrected chi connectivity index (χ0v) is 12.6. The van der Waals surface area contributed by atoms with E-state index in [9.17, 15) is 0 Å². The molecule has 6 heteroatoms. The number of aromatic nitrogens is 4. The highest BCUT2D eigenvalue weighted by molar-refractivity contribution is 5.81. The lowest BCUT2D eigenvalue weighted by Gasteiger charge is -2.17. The van der Waals surface area contributed by atoms with E-state index in [1.165, 1.54) is 6.33 Å². The molecule has 3 aromatic rings. The highest BCUT2D eigenvalue weighted by atomic mass is 16.5. The Morgan fingerprint density at radius 3 is 2.95 bits per heavy atom. The molecule has 6 nitrogen and oxygen atoms in total. The number of H-pyrrole nitrogens is 1. The van der Waals surface area contributed by atoms with E-state index in [0.29, 0.717) is 12.3 Å². The van der Waals surface area contributed by atoms with E-state index >= 15 is 0 Å². The van der Waals surface area contributed by atoms with E-state index in [-0.39, 0.29) is 0 Å². The Hall–Kier alpha value is -2.89. The van der Waals surface area contributed by atoms with Crippen LogP contribution >= 0.6 is 0 Å². The zero-order valence-electron chi connectivity index (χ0n) is 12.6. The second-order valence-corrected chi connectivity index (χ2v) is 5.02. The highest BCUT2D eigenvalue weighted by Gasteiger charge is 2.13. The van der Waals surface area contributed by atoms with Gasteiger partial charge in [0.2, 0.25) is 0 Å². The number of fused-ring (bicyclic) bond motifs is 1. The van der Waals surface area contributed by atoms with Crippen molar-refractivity contribution in [2.45, 2.75) is 0 Å². The number of nitrogens with zero attached hydrogens (tertiary/aromatic N) is 4. The van der Waals surface area contributed by atoms with Crippen LogP contribution in [0.1, 0.15) is 0 Å². The van der Waals surface area contributed by atoms with Crippen molar-refractivity contribution in [1.82, 2.24) is 19.9 Å². The van der Waals surface area contributed by atoms with Crippen molar-refractivity contribution in [2.75, 3.05) is 25.6 Å². The Bertz CT molecular complexity index is 776. The van der Waals surface area contributed by atoms with Crippen LogP contribution in [0.25, 0.3) is 22.6 Å². The van der Waals surface area contributed by atoms with Crippen LogP contribution < -0.4 is 9.64 Å². The molecule has 3 rings (SSSR count). The van der Waals surface area contributed by atoms with Gasteiger partial charge in [0.15, 0.2) is 5.65 Å². The number of hydrogen-bond donors (Lipinski definition) is 1. The molecule has 0 aliphatic carbocycles. The van der Waals surface area contributed by atoms with Crippen molar-refractivity contribution < 1.29 is 4.74 Å². The second-order valence-electron chi connectivity index (χ2n) is 5.02. The van der Waals surface area contributed by atoms with Crippen LogP contribution in [-0.2, 0) is 0 Å². The smallest absolute Gasteiger partial charge is 0.181 e. The van der Waals surface area contributed by atoms with Crippen LogP contribution in [-0.4, -0.2) is 40.6 Å². The Morgan fingerprint density at radius 2 is 2.23 bits per heavy atom. The molecule has 22 heavy (non-hydrogen) atoms. The van der Waals surface area contributed by atoms with Crippen molar-refractivity contribution in [3.05, 3.63) is 43.4 Å². The Labute approximate surface area is 128 Å². The highest BCUT2D eigenvalue weighted by Crippen LogP contribution is 2.32. The maximum Gasteiger partial charge on any atom is 0.181 e. The van der Waals surface area contributed by atoms with Crippen molar-refractivity contribution in [3.8, 4) is 17.1 Å². The van der Waals surface area contributed by atoms with Gasteiger partial charge in [-0.15, -0.1) is 0 Å². The standard InChI is InChI=1S/C16H17N5O/c1-4-7-22-11-5-6-12(14(8-11)21(2)3)15-19-13-9-17-10-18-16(13)20-15/h4-6,8-10H,1,7H2,2-3H3,(H,17,18,19,20). The van der Waals surface area contributed by atoms with Gasteiger partial charge < -0.3 is 14.6 Å². The molecule has 1 aromatic carbocycles. The minimum atomic E-state index is 0.479. The summed E-state index contributed by atoms with van der Waals surface area (Å²) in [4.78, 5) is 18.0. The summed E-state index contributed by atoms with van der Waals surface area (Å²) in [5, 5.41) is 0. The van der Waals surface area contributed by atoms with Gasteiger partial charge in [0.05, 0.1) is 11.9 Å². The molecule has 0 unspecified atom stereocenters. The van der Waals surface area contributed by atoms with Crippen LogP contribution in [0.4, 0.5) is 5.69 Å². The predicted octanol–water partition coefficient (Wildman–Crippen LogP) is 2.65. The van der Waals surface area contributed by atoms with E-state index in [2.05, 4.69) is 26.5 Å². The van der Waals surface area contributed by atoms with Gasteiger partial charge in [-0.3, -0.25) is 0 Å². The summed E-state index contributed by atoms with van der Waals surface area (Å²) in [5.74, 6) is 1.55. The van der Waals surface area contributed by atoms with E-state index in [1.54, 1.807) is 12.3 Å². The predicted molar refractivity (Wildman–Crippen MR) is 87.1 cm³/mol. The van der Waals surface area contributed by atoms with Gasteiger partial charge in [-0.2, -0.15) is 0 Å². The minimum Gasteiger partial charge on any atom is -0.489 e. The number of ether oxygens (including phenoxy) is 1. The average Bonchev–Trinajstić information content (AvgIpc) is 2.96.